The van der Waals surface area contributed by atoms with Crippen LogP contribution in [0.3, 0.4) is 0 Å². The van der Waals surface area contributed by atoms with Crippen LogP contribution in [0, 0.1) is 0 Å². The molecule has 0 aliphatic heterocycles. The molecule has 1 amide bonds. The lowest BCUT2D eigenvalue weighted by molar-refractivity contribution is 0.0739. The van der Waals surface area contributed by atoms with Crippen LogP contribution in [0.5, 0.6) is 5.75 Å². The molecule has 38 heavy (non-hydrogen) atoms. The van der Waals surface area contributed by atoms with Crippen LogP contribution < -0.4 is 10.2 Å². The molecule has 0 radical (unpaired) electrons. The summed E-state index contributed by atoms with van der Waals surface area (Å²) in [6.07, 6.45) is 3.05. The van der Waals surface area contributed by atoms with Gasteiger partial charge >= 0.3 is 5.97 Å². The molecular formula is C27H17Cl3N4O3S. The number of carbonyl (C=O) groups is 2. The standard InChI is InChI=1S/C27H17Cl3N4O3S/c28-18-10-9-17(20(29)13-18)15-34-12-11-21(33-34)26(35)32-31-14-16-5-1-3-7-22(16)37-27(36)25-24(30)19-6-2-4-8-23(19)38-25/h1-14H,15H2,(H,32,35). The van der Waals surface area contributed by atoms with E-state index < -0.39 is 11.9 Å². The summed E-state index contributed by atoms with van der Waals surface area (Å²) in [7, 11) is 0. The van der Waals surface area contributed by atoms with Crippen molar-refractivity contribution < 1.29 is 14.3 Å². The maximum Gasteiger partial charge on any atom is 0.355 e. The second kappa shape index (κ2) is 11.4. The number of halogens is 3. The topological polar surface area (TPSA) is 85.6 Å². The third kappa shape index (κ3) is 5.74. The fraction of sp³-hybridized carbons (Fsp3) is 0.0370. The highest BCUT2D eigenvalue weighted by atomic mass is 35.5. The van der Waals surface area contributed by atoms with Crippen LogP contribution in [0.1, 0.15) is 31.3 Å². The molecule has 0 saturated carbocycles. The Hall–Kier alpha value is -3.69. The smallest absolute Gasteiger partial charge is 0.355 e. The predicted molar refractivity (Wildman–Crippen MR) is 151 cm³/mol. The van der Waals surface area contributed by atoms with Crippen molar-refractivity contribution >= 4 is 74.3 Å². The molecule has 190 valence electrons. The molecular weight excluding hydrogens is 567 g/mol. The van der Waals surface area contributed by atoms with E-state index >= 15 is 0 Å². The number of thiophene rings is 1. The van der Waals surface area contributed by atoms with E-state index in [0.717, 1.165) is 15.6 Å². The molecule has 5 rings (SSSR count). The lowest BCUT2D eigenvalue weighted by atomic mass is 10.2. The van der Waals surface area contributed by atoms with Gasteiger partial charge in [-0.1, -0.05) is 71.2 Å². The molecule has 5 aromatic rings. The summed E-state index contributed by atoms with van der Waals surface area (Å²) in [6.45, 7) is 0.370. The van der Waals surface area contributed by atoms with Crippen molar-refractivity contribution in [3.05, 3.63) is 116 Å². The number of amides is 1. The second-order valence-electron chi connectivity index (χ2n) is 8.00. The number of carbonyl (C=O) groups excluding carboxylic acids is 2. The Balaban J connectivity index is 1.24. The normalized spacial score (nSPS) is 11.2. The van der Waals surface area contributed by atoms with Gasteiger partial charge in [0.25, 0.3) is 5.91 Å². The Morgan fingerprint density at radius 1 is 1.03 bits per heavy atom. The highest BCUT2D eigenvalue weighted by Crippen LogP contribution is 2.36. The first kappa shape index (κ1) is 25.9. The lowest BCUT2D eigenvalue weighted by Gasteiger charge is -2.06. The molecule has 0 aliphatic rings. The van der Waals surface area contributed by atoms with Crippen molar-refractivity contribution in [1.29, 1.82) is 0 Å². The zero-order valence-corrected chi connectivity index (χ0v) is 22.5. The number of hydrogen-bond acceptors (Lipinski definition) is 6. The van der Waals surface area contributed by atoms with Crippen LogP contribution in [-0.4, -0.2) is 27.9 Å². The average Bonchev–Trinajstić information content (AvgIpc) is 3.51. The van der Waals surface area contributed by atoms with E-state index in [1.165, 1.54) is 17.6 Å². The summed E-state index contributed by atoms with van der Waals surface area (Å²) < 4.78 is 8.08. The molecule has 0 bridgehead atoms. The van der Waals surface area contributed by atoms with E-state index in [1.807, 2.05) is 24.3 Å². The first-order valence-corrected chi connectivity index (χ1v) is 13.1. The first-order chi connectivity index (χ1) is 18.4. The van der Waals surface area contributed by atoms with Gasteiger partial charge in [0.15, 0.2) is 5.69 Å². The Bertz CT molecular complexity index is 1700. The van der Waals surface area contributed by atoms with Crippen LogP contribution in [-0.2, 0) is 6.54 Å². The highest BCUT2D eigenvalue weighted by Gasteiger charge is 2.20. The number of esters is 1. The number of ether oxygens (including phenoxy) is 1. The quantitative estimate of drug-likeness (QED) is 0.0959. The van der Waals surface area contributed by atoms with Crippen LogP contribution in [0.2, 0.25) is 15.1 Å². The summed E-state index contributed by atoms with van der Waals surface area (Å²) >= 11 is 19.8. The van der Waals surface area contributed by atoms with Gasteiger partial charge in [-0.15, -0.1) is 11.3 Å². The summed E-state index contributed by atoms with van der Waals surface area (Å²) in [5.74, 6) is -0.811. The van der Waals surface area contributed by atoms with E-state index in [-0.39, 0.29) is 11.4 Å². The van der Waals surface area contributed by atoms with Crippen LogP contribution in [0.15, 0.2) is 84.1 Å². The zero-order chi connectivity index (χ0) is 26.6. The van der Waals surface area contributed by atoms with Gasteiger partial charge in [0.1, 0.15) is 10.6 Å². The predicted octanol–water partition coefficient (Wildman–Crippen LogP) is 7.09. The third-order valence-electron chi connectivity index (χ3n) is 5.43. The van der Waals surface area contributed by atoms with Crippen LogP contribution in [0.4, 0.5) is 0 Å². The van der Waals surface area contributed by atoms with Crippen molar-refractivity contribution in [1.82, 2.24) is 15.2 Å². The Labute approximate surface area is 236 Å². The highest BCUT2D eigenvalue weighted by molar-refractivity contribution is 7.21. The molecule has 0 atom stereocenters. The Morgan fingerprint density at radius 3 is 2.63 bits per heavy atom. The van der Waals surface area contributed by atoms with Gasteiger partial charge in [-0.2, -0.15) is 10.2 Å². The summed E-state index contributed by atoms with van der Waals surface area (Å²) in [5.41, 5.74) is 3.91. The molecule has 11 heteroatoms. The minimum atomic E-state index is -0.576. The van der Waals surface area contributed by atoms with Crippen molar-refractivity contribution in [2.45, 2.75) is 6.54 Å². The number of rotatable bonds is 7. The maximum atomic E-state index is 12.9. The summed E-state index contributed by atoms with van der Waals surface area (Å²) in [6, 6.07) is 21.1. The van der Waals surface area contributed by atoms with Gasteiger partial charge in [0.05, 0.1) is 17.8 Å². The van der Waals surface area contributed by atoms with Crippen molar-refractivity contribution in [3.8, 4) is 5.75 Å². The van der Waals surface area contributed by atoms with Gasteiger partial charge in [-0.05, 0) is 42.0 Å². The lowest BCUT2D eigenvalue weighted by Crippen LogP contribution is -2.19. The van der Waals surface area contributed by atoms with Gasteiger partial charge in [0, 0.05) is 31.9 Å². The first-order valence-electron chi connectivity index (χ1n) is 11.2. The number of nitrogens with one attached hydrogen (secondary N) is 1. The largest absolute Gasteiger partial charge is 0.422 e. The molecule has 2 heterocycles. The SMILES string of the molecule is O=C(NN=Cc1ccccc1OC(=O)c1sc2ccccc2c1Cl)c1ccn(Cc2ccc(Cl)cc2Cl)n1. The number of nitrogens with zero attached hydrogens (tertiary/aromatic N) is 3. The fourth-order valence-corrected chi connectivity index (χ4v) is 5.44. The minimum absolute atomic E-state index is 0.173. The van der Waals surface area contributed by atoms with Crippen LogP contribution >= 0.6 is 46.1 Å². The molecule has 7 nitrogen and oxygen atoms in total. The molecule has 0 aliphatic carbocycles. The summed E-state index contributed by atoms with van der Waals surface area (Å²) in [4.78, 5) is 25.7. The number of para-hydroxylation sites is 1. The van der Waals surface area contributed by atoms with Gasteiger partial charge in [0.2, 0.25) is 0 Å². The number of hydrazone groups is 1. The zero-order valence-electron chi connectivity index (χ0n) is 19.4. The van der Waals surface area contributed by atoms with Gasteiger partial charge in [-0.3, -0.25) is 9.48 Å². The molecule has 1 N–H and O–H groups in total. The van der Waals surface area contributed by atoms with E-state index in [1.54, 1.807) is 59.4 Å². The van der Waals surface area contributed by atoms with Gasteiger partial charge < -0.3 is 4.74 Å². The number of fused-ring (bicyclic) bond motifs is 1. The van der Waals surface area contributed by atoms with Gasteiger partial charge in [-0.25, -0.2) is 10.2 Å². The van der Waals surface area contributed by atoms with E-state index in [0.29, 0.717) is 32.1 Å². The van der Waals surface area contributed by atoms with E-state index in [9.17, 15) is 9.59 Å². The minimum Gasteiger partial charge on any atom is -0.422 e. The van der Waals surface area contributed by atoms with Crippen molar-refractivity contribution in [2.75, 3.05) is 0 Å². The van der Waals surface area contributed by atoms with E-state index in [4.69, 9.17) is 39.5 Å². The molecule has 2 aromatic heterocycles. The Kier molecular flexibility index (Phi) is 7.76. The second-order valence-corrected chi connectivity index (χ2v) is 10.3. The third-order valence-corrected chi connectivity index (χ3v) is 7.67. The van der Waals surface area contributed by atoms with Crippen molar-refractivity contribution in [3.63, 3.8) is 0 Å². The average molecular weight is 584 g/mol. The fourth-order valence-electron chi connectivity index (χ4n) is 3.58. The number of hydrogen-bond donors (Lipinski definition) is 1. The molecule has 0 unspecified atom stereocenters. The van der Waals surface area contributed by atoms with E-state index in [2.05, 4.69) is 15.6 Å². The molecule has 0 saturated heterocycles. The number of aromatic nitrogens is 2. The molecule has 3 aromatic carbocycles. The number of benzene rings is 3. The maximum absolute atomic E-state index is 12.9. The molecule has 0 spiro atoms. The monoisotopic (exact) mass is 582 g/mol. The van der Waals surface area contributed by atoms with Crippen molar-refractivity contribution in [2.24, 2.45) is 5.10 Å². The van der Waals surface area contributed by atoms with Crippen LogP contribution in [0.25, 0.3) is 10.1 Å². The Morgan fingerprint density at radius 2 is 1.82 bits per heavy atom. The summed E-state index contributed by atoms with van der Waals surface area (Å²) in [5, 5.41) is 10.5. The molecule has 0 fully saturated rings.